The zero-order valence-electron chi connectivity index (χ0n) is 13.2. The second kappa shape index (κ2) is 9.71. The van der Waals surface area contributed by atoms with Gasteiger partial charge in [-0.05, 0) is 11.6 Å². The standard InChI is InChI=1S/C17H20N2O3S2/c20-11-9-18(10-12-21)13-19-16(22)15(24-17(19)23)8-4-7-14-5-2-1-3-6-14/h1-8,20-21H,9-13H2. The minimum Gasteiger partial charge on any atom is -0.395 e. The molecule has 0 spiro atoms. The highest BCUT2D eigenvalue weighted by Gasteiger charge is 2.32. The average Bonchev–Trinajstić information content (AvgIpc) is 2.84. The van der Waals surface area contributed by atoms with E-state index in [1.165, 1.54) is 16.7 Å². The molecule has 1 heterocycles. The Morgan fingerprint density at radius 2 is 1.83 bits per heavy atom. The third-order valence-corrected chi connectivity index (χ3v) is 4.78. The second-order valence-corrected chi connectivity index (χ2v) is 6.78. The maximum absolute atomic E-state index is 12.5. The van der Waals surface area contributed by atoms with E-state index in [1.807, 2.05) is 42.5 Å². The first-order valence-corrected chi connectivity index (χ1v) is 8.79. The van der Waals surface area contributed by atoms with Gasteiger partial charge in [0, 0.05) is 13.1 Å². The highest BCUT2D eigenvalue weighted by molar-refractivity contribution is 8.26. The van der Waals surface area contributed by atoms with Crippen molar-refractivity contribution in [2.75, 3.05) is 33.0 Å². The average molecular weight is 364 g/mol. The first kappa shape index (κ1) is 18.8. The van der Waals surface area contributed by atoms with Crippen LogP contribution in [0.1, 0.15) is 5.56 Å². The molecule has 0 unspecified atom stereocenters. The van der Waals surface area contributed by atoms with Gasteiger partial charge >= 0.3 is 0 Å². The molecule has 0 saturated carbocycles. The van der Waals surface area contributed by atoms with E-state index in [9.17, 15) is 4.79 Å². The third kappa shape index (κ3) is 5.25. The van der Waals surface area contributed by atoms with Crippen molar-refractivity contribution in [3.8, 4) is 0 Å². The molecule has 1 saturated heterocycles. The third-order valence-electron chi connectivity index (χ3n) is 3.38. The number of thiocarbonyl (C=S) groups is 1. The number of aliphatic hydroxyl groups is 2. The highest BCUT2D eigenvalue weighted by Crippen LogP contribution is 2.31. The molecule has 0 radical (unpaired) electrons. The number of benzene rings is 1. The van der Waals surface area contributed by atoms with Crippen LogP contribution in [0.4, 0.5) is 0 Å². The summed E-state index contributed by atoms with van der Waals surface area (Å²) in [6.07, 6.45) is 5.52. The molecule has 128 valence electrons. The number of rotatable bonds is 8. The molecule has 1 amide bonds. The molecule has 2 N–H and O–H groups in total. The molecule has 0 atom stereocenters. The van der Waals surface area contributed by atoms with Crippen LogP contribution in [0.2, 0.25) is 0 Å². The largest absolute Gasteiger partial charge is 0.395 e. The van der Waals surface area contributed by atoms with E-state index in [1.54, 1.807) is 11.0 Å². The van der Waals surface area contributed by atoms with Crippen LogP contribution < -0.4 is 0 Å². The van der Waals surface area contributed by atoms with Gasteiger partial charge in [-0.3, -0.25) is 14.6 Å². The summed E-state index contributed by atoms with van der Waals surface area (Å²) in [5, 5.41) is 18.1. The summed E-state index contributed by atoms with van der Waals surface area (Å²) in [7, 11) is 0. The quantitative estimate of drug-likeness (QED) is 0.541. The SMILES string of the molecule is O=C1C(=CC=Cc2ccccc2)SC(=S)N1CN(CCO)CCO. The molecule has 5 nitrogen and oxygen atoms in total. The first-order valence-electron chi connectivity index (χ1n) is 7.57. The van der Waals surface area contributed by atoms with Crippen LogP contribution in [-0.2, 0) is 4.79 Å². The molecular weight excluding hydrogens is 344 g/mol. The van der Waals surface area contributed by atoms with Gasteiger partial charge in [0.25, 0.3) is 5.91 Å². The van der Waals surface area contributed by atoms with E-state index in [2.05, 4.69) is 0 Å². The fourth-order valence-corrected chi connectivity index (χ4v) is 3.38. The number of aliphatic hydroxyl groups excluding tert-OH is 2. The molecule has 1 aromatic rings. The summed E-state index contributed by atoms with van der Waals surface area (Å²) < 4.78 is 0.486. The van der Waals surface area contributed by atoms with Crippen LogP contribution in [-0.4, -0.2) is 63.2 Å². The number of carbonyl (C=O) groups is 1. The minimum atomic E-state index is -0.149. The Morgan fingerprint density at radius 1 is 1.17 bits per heavy atom. The van der Waals surface area contributed by atoms with Crippen LogP contribution >= 0.6 is 24.0 Å². The van der Waals surface area contributed by atoms with Gasteiger partial charge in [-0.15, -0.1) is 0 Å². The monoisotopic (exact) mass is 364 g/mol. The van der Waals surface area contributed by atoms with Gasteiger partial charge in [0.15, 0.2) is 0 Å². The number of nitrogens with zero attached hydrogens (tertiary/aromatic N) is 2. The molecule has 0 aliphatic carbocycles. The van der Waals surface area contributed by atoms with Crippen molar-refractivity contribution in [1.29, 1.82) is 0 Å². The maximum Gasteiger partial charge on any atom is 0.267 e. The van der Waals surface area contributed by atoms with E-state index in [0.29, 0.717) is 22.3 Å². The Kier molecular flexibility index (Phi) is 7.61. The van der Waals surface area contributed by atoms with E-state index in [4.69, 9.17) is 22.4 Å². The molecule has 0 bridgehead atoms. The lowest BCUT2D eigenvalue weighted by atomic mass is 10.2. The van der Waals surface area contributed by atoms with Crippen molar-refractivity contribution in [2.24, 2.45) is 0 Å². The van der Waals surface area contributed by atoms with Crippen LogP contribution in [0.5, 0.6) is 0 Å². The second-order valence-electron chi connectivity index (χ2n) is 5.11. The van der Waals surface area contributed by atoms with Crippen LogP contribution in [0.15, 0.2) is 47.4 Å². The van der Waals surface area contributed by atoms with Gasteiger partial charge < -0.3 is 10.2 Å². The number of thioether (sulfide) groups is 1. The number of hydrogen-bond acceptors (Lipinski definition) is 6. The number of allylic oxidation sites excluding steroid dienone is 2. The summed E-state index contributed by atoms with van der Waals surface area (Å²) in [6.45, 7) is 0.954. The van der Waals surface area contributed by atoms with Crippen molar-refractivity contribution in [1.82, 2.24) is 9.80 Å². The normalized spacial score (nSPS) is 17.0. The zero-order valence-corrected chi connectivity index (χ0v) is 14.8. The lowest BCUT2D eigenvalue weighted by Crippen LogP contribution is -2.42. The molecule has 1 aliphatic rings. The predicted molar refractivity (Wildman–Crippen MR) is 101 cm³/mol. The molecule has 0 aromatic heterocycles. The van der Waals surface area contributed by atoms with E-state index >= 15 is 0 Å². The Balaban J connectivity index is 2.02. The van der Waals surface area contributed by atoms with Crippen LogP contribution in [0.3, 0.4) is 0 Å². The molecule has 7 heteroatoms. The van der Waals surface area contributed by atoms with E-state index in [0.717, 1.165) is 5.56 Å². The molecule has 1 aromatic carbocycles. The predicted octanol–water partition coefficient (Wildman–Crippen LogP) is 1.69. The summed E-state index contributed by atoms with van der Waals surface area (Å²) in [5.41, 5.74) is 1.06. The van der Waals surface area contributed by atoms with Gasteiger partial charge in [0.05, 0.1) is 24.8 Å². The molecule has 1 aliphatic heterocycles. The van der Waals surface area contributed by atoms with E-state index < -0.39 is 0 Å². The van der Waals surface area contributed by atoms with Crippen LogP contribution in [0, 0.1) is 0 Å². The fraction of sp³-hybridized carbons (Fsp3) is 0.294. The van der Waals surface area contributed by atoms with Gasteiger partial charge in [-0.2, -0.15) is 0 Å². The Bertz CT molecular complexity index is 626. The topological polar surface area (TPSA) is 64.0 Å². The highest BCUT2D eigenvalue weighted by atomic mass is 32.2. The Hall–Kier alpha value is -1.51. The van der Waals surface area contributed by atoms with Crippen molar-refractivity contribution >= 4 is 40.3 Å². The summed E-state index contributed by atoms with van der Waals surface area (Å²) in [5.74, 6) is -0.149. The molecular formula is C17H20N2O3S2. The lowest BCUT2D eigenvalue weighted by molar-refractivity contribution is -0.123. The van der Waals surface area contributed by atoms with Gasteiger partial charge in [-0.25, -0.2) is 0 Å². The van der Waals surface area contributed by atoms with Crippen molar-refractivity contribution < 1.29 is 15.0 Å². The number of hydrogen-bond donors (Lipinski definition) is 2. The first-order chi connectivity index (χ1) is 11.7. The smallest absolute Gasteiger partial charge is 0.267 e. The summed E-state index contributed by atoms with van der Waals surface area (Å²) in [6, 6.07) is 9.83. The van der Waals surface area contributed by atoms with Crippen molar-refractivity contribution in [3.05, 3.63) is 53.0 Å². The lowest BCUT2D eigenvalue weighted by Gasteiger charge is -2.25. The molecule has 1 fully saturated rings. The Labute approximate surface area is 151 Å². The number of amides is 1. The van der Waals surface area contributed by atoms with Gasteiger partial charge in [-0.1, -0.05) is 66.5 Å². The molecule has 2 rings (SSSR count). The Morgan fingerprint density at radius 3 is 2.46 bits per heavy atom. The van der Waals surface area contributed by atoms with E-state index in [-0.39, 0.29) is 25.8 Å². The number of carbonyl (C=O) groups excluding carboxylic acids is 1. The van der Waals surface area contributed by atoms with Crippen molar-refractivity contribution in [2.45, 2.75) is 0 Å². The van der Waals surface area contributed by atoms with Gasteiger partial charge in [0.2, 0.25) is 0 Å². The van der Waals surface area contributed by atoms with Gasteiger partial charge in [0.1, 0.15) is 4.32 Å². The summed E-state index contributed by atoms with van der Waals surface area (Å²) >= 11 is 6.54. The maximum atomic E-state index is 12.5. The minimum absolute atomic E-state index is 0.0373. The molecule has 24 heavy (non-hydrogen) atoms. The summed E-state index contributed by atoms with van der Waals surface area (Å²) in [4.78, 5) is 16.3. The van der Waals surface area contributed by atoms with Crippen molar-refractivity contribution in [3.63, 3.8) is 0 Å². The fourth-order valence-electron chi connectivity index (χ4n) is 2.18. The zero-order chi connectivity index (χ0) is 17.4. The van der Waals surface area contributed by atoms with Crippen LogP contribution in [0.25, 0.3) is 6.08 Å².